The monoisotopic (exact) mass is 263 g/mol. The number of aliphatic carboxylic acids is 1. The summed E-state index contributed by atoms with van der Waals surface area (Å²) in [6.45, 7) is 0.502. The van der Waals surface area contributed by atoms with Gasteiger partial charge in [-0.3, -0.25) is 4.79 Å². The highest BCUT2D eigenvalue weighted by atomic mass is 16.5. The molecule has 5 heteroatoms. The summed E-state index contributed by atoms with van der Waals surface area (Å²) in [7, 11) is 1.52. The second-order valence-corrected chi connectivity index (χ2v) is 4.03. The van der Waals surface area contributed by atoms with E-state index >= 15 is 0 Å². The zero-order valence-corrected chi connectivity index (χ0v) is 10.9. The average molecular weight is 263 g/mol. The molecular weight excluding hydrogens is 246 g/mol. The fraction of sp³-hybridized carbons (Fsp3) is 0.429. The molecular formula is C14H17NO4. The molecule has 0 aromatic heterocycles. The van der Waals surface area contributed by atoms with Gasteiger partial charge in [-0.1, -0.05) is 0 Å². The van der Waals surface area contributed by atoms with Crippen molar-refractivity contribution in [3.05, 3.63) is 23.8 Å². The Kier molecular flexibility index (Phi) is 6.23. The largest absolute Gasteiger partial charge is 0.493 e. The van der Waals surface area contributed by atoms with Crippen molar-refractivity contribution < 1.29 is 19.4 Å². The molecule has 0 heterocycles. The summed E-state index contributed by atoms with van der Waals surface area (Å²) in [5.74, 6) is 0.360. The third-order valence-electron chi connectivity index (χ3n) is 2.59. The van der Waals surface area contributed by atoms with Gasteiger partial charge in [-0.2, -0.15) is 5.26 Å². The average Bonchev–Trinajstić information content (AvgIpc) is 2.42. The first kappa shape index (κ1) is 14.8. The SMILES string of the molecule is COc1cc(C#N)ccc1OCCCCCC(=O)O. The van der Waals surface area contributed by atoms with Crippen LogP contribution in [0.2, 0.25) is 0 Å². The van der Waals surface area contributed by atoms with E-state index in [2.05, 4.69) is 0 Å². The standard InChI is InChI=1S/C14H17NO4/c1-18-13-9-11(10-15)6-7-12(13)19-8-4-2-3-5-14(16)17/h6-7,9H,2-5,8H2,1H3,(H,16,17). The fourth-order valence-electron chi connectivity index (χ4n) is 1.59. The summed E-state index contributed by atoms with van der Waals surface area (Å²) < 4.78 is 10.7. The molecule has 0 atom stereocenters. The molecule has 0 radical (unpaired) electrons. The molecule has 0 unspecified atom stereocenters. The van der Waals surface area contributed by atoms with E-state index in [0.717, 1.165) is 12.8 Å². The zero-order chi connectivity index (χ0) is 14.1. The normalized spacial score (nSPS) is 9.68. The third kappa shape index (κ3) is 5.30. The van der Waals surface area contributed by atoms with Gasteiger partial charge in [0, 0.05) is 12.5 Å². The number of nitrogens with zero attached hydrogens (tertiary/aromatic N) is 1. The van der Waals surface area contributed by atoms with Crippen LogP contribution in [-0.4, -0.2) is 24.8 Å². The number of rotatable bonds is 8. The number of nitriles is 1. The van der Waals surface area contributed by atoms with Crippen LogP contribution >= 0.6 is 0 Å². The van der Waals surface area contributed by atoms with Gasteiger partial charge in [0.1, 0.15) is 0 Å². The molecule has 0 saturated carbocycles. The minimum atomic E-state index is -0.769. The summed E-state index contributed by atoms with van der Waals surface area (Å²) >= 11 is 0. The van der Waals surface area contributed by atoms with Crippen LogP contribution in [0.25, 0.3) is 0 Å². The van der Waals surface area contributed by atoms with Gasteiger partial charge in [-0.05, 0) is 31.4 Å². The first-order chi connectivity index (χ1) is 9.17. The summed E-state index contributed by atoms with van der Waals surface area (Å²) in [4.78, 5) is 10.3. The minimum Gasteiger partial charge on any atom is -0.493 e. The molecule has 0 aliphatic carbocycles. The number of hydrogen-bond donors (Lipinski definition) is 1. The van der Waals surface area contributed by atoms with Crippen molar-refractivity contribution in [3.8, 4) is 17.6 Å². The molecule has 0 amide bonds. The lowest BCUT2D eigenvalue weighted by Gasteiger charge is -2.10. The van der Waals surface area contributed by atoms with Gasteiger partial charge in [-0.15, -0.1) is 0 Å². The van der Waals surface area contributed by atoms with Crippen molar-refractivity contribution in [2.24, 2.45) is 0 Å². The lowest BCUT2D eigenvalue weighted by Crippen LogP contribution is -2.00. The molecule has 1 aromatic carbocycles. The van der Waals surface area contributed by atoms with E-state index in [1.807, 2.05) is 6.07 Å². The second kappa shape index (κ2) is 7.98. The lowest BCUT2D eigenvalue weighted by atomic mass is 10.2. The summed E-state index contributed by atoms with van der Waals surface area (Å²) in [6, 6.07) is 7.03. The Labute approximate surface area is 112 Å². The number of methoxy groups -OCH3 is 1. The zero-order valence-electron chi connectivity index (χ0n) is 10.9. The number of carboxylic acids is 1. The second-order valence-electron chi connectivity index (χ2n) is 4.03. The Morgan fingerprint density at radius 1 is 1.32 bits per heavy atom. The van der Waals surface area contributed by atoms with Gasteiger partial charge in [0.2, 0.25) is 0 Å². The third-order valence-corrected chi connectivity index (χ3v) is 2.59. The number of hydrogen-bond acceptors (Lipinski definition) is 4. The quantitative estimate of drug-likeness (QED) is 0.729. The van der Waals surface area contributed by atoms with Crippen LogP contribution in [0.15, 0.2) is 18.2 Å². The Morgan fingerprint density at radius 3 is 2.74 bits per heavy atom. The molecule has 5 nitrogen and oxygen atoms in total. The number of carbonyl (C=O) groups is 1. The molecule has 0 aliphatic rings. The first-order valence-corrected chi connectivity index (χ1v) is 6.10. The summed E-state index contributed by atoms with van der Waals surface area (Å²) in [5.41, 5.74) is 0.519. The first-order valence-electron chi connectivity index (χ1n) is 6.10. The molecule has 1 rings (SSSR count). The highest BCUT2D eigenvalue weighted by Gasteiger charge is 2.05. The van der Waals surface area contributed by atoms with E-state index in [0.29, 0.717) is 30.1 Å². The van der Waals surface area contributed by atoms with Crippen molar-refractivity contribution in [1.82, 2.24) is 0 Å². The molecule has 0 aliphatic heterocycles. The number of unbranched alkanes of at least 4 members (excludes halogenated alkanes) is 2. The summed E-state index contributed by atoms with van der Waals surface area (Å²) in [6.07, 6.45) is 2.45. The number of carboxylic acid groups (broad SMARTS) is 1. The lowest BCUT2D eigenvalue weighted by molar-refractivity contribution is -0.137. The van der Waals surface area contributed by atoms with Crippen LogP contribution in [0.1, 0.15) is 31.2 Å². The highest BCUT2D eigenvalue weighted by molar-refractivity contribution is 5.66. The van der Waals surface area contributed by atoms with Crippen LogP contribution in [0, 0.1) is 11.3 Å². The van der Waals surface area contributed by atoms with Crippen LogP contribution < -0.4 is 9.47 Å². The van der Waals surface area contributed by atoms with Crippen LogP contribution in [0.5, 0.6) is 11.5 Å². The summed E-state index contributed by atoms with van der Waals surface area (Å²) in [5, 5.41) is 17.3. The fourth-order valence-corrected chi connectivity index (χ4v) is 1.59. The molecule has 0 bridgehead atoms. The topological polar surface area (TPSA) is 79.5 Å². The minimum absolute atomic E-state index is 0.195. The van der Waals surface area contributed by atoms with E-state index in [9.17, 15) is 4.79 Å². The van der Waals surface area contributed by atoms with E-state index in [4.69, 9.17) is 19.8 Å². The predicted octanol–water partition coefficient (Wildman–Crippen LogP) is 2.59. The van der Waals surface area contributed by atoms with Gasteiger partial charge < -0.3 is 14.6 Å². The molecule has 0 saturated heterocycles. The Bertz CT molecular complexity index is 465. The predicted molar refractivity (Wildman–Crippen MR) is 69.3 cm³/mol. The van der Waals surface area contributed by atoms with E-state index in [1.54, 1.807) is 18.2 Å². The van der Waals surface area contributed by atoms with Gasteiger partial charge in [0.15, 0.2) is 11.5 Å². The van der Waals surface area contributed by atoms with E-state index in [1.165, 1.54) is 7.11 Å². The molecule has 0 fully saturated rings. The van der Waals surface area contributed by atoms with Crippen LogP contribution in [-0.2, 0) is 4.79 Å². The van der Waals surface area contributed by atoms with Gasteiger partial charge in [0.25, 0.3) is 0 Å². The van der Waals surface area contributed by atoms with Crippen molar-refractivity contribution in [2.45, 2.75) is 25.7 Å². The highest BCUT2D eigenvalue weighted by Crippen LogP contribution is 2.27. The van der Waals surface area contributed by atoms with Crippen LogP contribution in [0.4, 0.5) is 0 Å². The van der Waals surface area contributed by atoms with Crippen molar-refractivity contribution in [3.63, 3.8) is 0 Å². The van der Waals surface area contributed by atoms with E-state index in [-0.39, 0.29) is 6.42 Å². The van der Waals surface area contributed by atoms with Crippen LogP contribution in [0.3, 0.4) is 0 Å². The van der Waals surface area contributed by atoms with Crippen molar-refractivity contribution in [1.29, 1.82) is 5.26 Å². The molecule has 0 spiro atoms. The Hall–Kier alpha value is -2.22. The van der Waals surface area contributed by atoms with E-state index < -0.39 is 5.97 Å². The Morgan fingerprint density at radius 2 is 2.11 bits per heavy atom. The Balaban J connectivity index is 2.37. The van der Waals surface area contributed by atoms with Gasteiger partial charge in [0.05, 0.1) is 25.3 Å². The van der Waals surface area contributed by atoms with Crippen molar-refractivity contribution in [2.75, 3.05) is 13.7 Å². The molecule has 1 aromatic rings. The number of ether oxygens (including phenoxy) is 2. The maximum absolute atomic E-state index is 10.3. The number of benzene rings is 1. The molecule has 102 valence electrons. The van der Waals surface area contributed by atoms with Gasteiger partial charge in [-0.25, -0.2) is 0 Å². The van der Waals surface area contributed by atoms with Crippen molar-refractivity contribution >= 4 is 5.97 Å². The molecule has 1 N–H and O–H groups in total. The van der Waals surface area contributed by atoms with Gasteiger partial charge >= 0.3 is 5.97 Å². The maximum Gasteiger partial charge on any atom is 0.303 e. The maximum atomic E-state index is 10.3. The smallest absolute Gasteiger partial charge is 0.303 e. The molecule has 19 heavy (non-hydrogen) atoms.